The lowest BCUT2D eigenvalue weighted by Gasteiger charge is -2.19. The Kier molecular flexibility index (Phi) is 6.76. The van der Waals surface area contributed by atoms with Crippen molar-refractivity contribution in [1.29, 1.82) is 0 Å². The maximum atomic E-state index is 12.4. The van der Waals surface area contributed by atoms with Crippen LogP contribution in [0, 0.1) is 6.92 Å². The Hall–Kier alpha value is -2.38. The minimum atomic E-state index is -3.61. The van der Waals surface area contributed by atoms with E-state index in [0.717, 1.165) is 11.1 Å². The number of sulfonamides is 1. The normalized spacial score (nSPS) is 11.2. The van der Waals surface area contributed by atoms with E-state index in [-0.39, 0.29) is 17.5 Å². The Morgan fingerprint density at radius 2 is 1.54 bits per heavy atom. The molecule has 0 aromatic heterocycles. The van der Waals surface area contributed by atoms with Crippen molar-refractivity contribution in [2.75, 3.05) is 18.4 Å². The maximum absolute atomic E-state index is 12.4. The molecule has 0 fully saturated rings. The molecule has 0 saturated carbocycles. The summed E-state index contributed by atoms with van der Waals surface area (Å²) in [4.78, 5) is 13.8. The minimum Gasteiger partial charge on any atom is -0.325 e. The van der Waals surface area contributed by atoms with Gasteiger partial charge in [0.2, 0.25) is 10.0 Å². The Bertz CT molecular complexity index is 827. The van der Waals surface area contributed by atoms with Crippen molar-refractivity contribution in [2.24, 2.45) is 0 Å². The molecule has 0 unspecified atom stereocenters. The summed E-state index contributed by atoms with van der Waals surface area (Å²) in [7, 11) is -3.61. The van der Waals surface area contributed by atoms with Gasteiger partial charge in [0.15, 0.2) is 0 Å². The average Bonchev–Trinajstić information content (AvgIpc) is 2.63. The Morgan fingerprint density at radius 3 is 2.08 bits per heavy atom. The van der Waals surface area contributed by atoms with Crippen molar-refractivity contribution in [1.82, 2.24) is 9.62 Å². The van der Waals surface area contributed by atoms with E-state index < -0.39 is 10.0 Å². The van der Waals surface area contributed by atoms with Crippen molar-refractivity contribution in [3.05, 3.63) is 59.7 Å². The first-order valence-corrected chi connectivity index (χ1v) is 10.0. The van der Waals surface area contributed by atoms with E-state index in [4.69, 9.17) is 0 Å². The van der Waals surface area contributed by atoms with Gasteiger partial charge in [0.25, 0.3) is 0 Å². The average molecular weight is 375 g/mol. The van der Waals surface area contributed by atoms with Crippen molar-refractivity contribution in [3.63, 3.8) is 0 Å². The third-order valence-corrected chi connectivity index (χ3v) is 5.47. The van der Waals surface area contributed by atoms with Gasteiger partial charge in [-0.3, -0.25) is 0 Å². The van der Waals surface area contributed by atoms with Gasteiger partial charge in [0, 0.05) is 25.3 Å². The summed E-state index contributed by atoms with van der Waals surface area (Å²) in [6.07, 6.45) is 0. The van der Waals surface area contributed by atoms with E-state index in [2.05, 4.69) is 10.0 Å². The molecule has 7 heteroatoms. The third kappa shape index (κ3) is 5.31. The maximum Gasteiger partial charge on any atom is 0.321 e. The van der Waals surface area contributed by atoms with E-state index in [0.29, 0.717) is 18.8 Å². The van der Waals surface area contributed by atoms with Crippen LogP contribution in [0.15, 0.2) is 53.4 Å². The molecule has 2 rings (SSSR count). The van der Waals surface area contributed by atoms with Crippen LogP contribution in [-0.4, -0.2) is 32.4 Å². The van der Waals surface area contributed by atoms with E-state index in [9.17, 15) is 13.2 Å². The van der Waals surface area contributed by atoms with Gasteiger partial charge in [0.05, 0.1) is 4.90 Å². The zero-order chi connectivity index (χ0) is 19.2. The fourth-order valence-corrected chi connectivity index (χ4v) is 3.42. The molecule has 2 N–H and O–H groups in total. The highest BCUT2D eigenvalue weighted by Crippen LogP contribution is 2.15. The zero-order valence-electron chi connectivity index (χ0n) is 15.3. The van der Waals surface area contributed by atoms with E-state index in [1.807, 2.05) is 45.0 Å². The molecule has 0 aliphatic heterocycles. The number of rotatable bonds is 7. The van der Waals surface area contributed by atoms with Crippen LogP contribution in [0.3, 0.4) is 0 Å². The SMILES string of the molecule is CCN(CC)C(=O)Nc1ccc(S(=O)(=O)NCc2ccc(C)cc2)cc1. The predicted molar refractivity (Wildman–Crippen MR) is 104 cm³/mol. The van der Waals surface area contributed by atoms with Crippen LogP contribution < -0.4 is 10.0 Å². The van der Waals surface area contributed by atoms with Gasteiger partial charge in [-0.15, -0.1) is 0 Å². The van der Waals surface area contributed by atoms with Gasteiger partial charge in [-0.25, -0.2) is 17.9 Å². The number of urea groups is 1. The number of nitrogens with one attached hydrogen (secondary N) is 2. The predicted octanol–water partition coefficient (Wildman–Crippen LogP) is 3.35. The van der Waals surface area contributed by atoms with Crippen LogP contribution in [0.4, 0.5) is 10.5 Å². The molecule has 0 bridgehead atoms. The van der Waals surface area contributed by atoms with Crippen LogP contribution in [0.5, 0.6) is 0 Å². The lowest BCUT2D eigenvalue weighted by molar-refractivity contribution is 0.217. The van der Waals surface area contributed by atoms with Crippen molar-refractivity contribution < 1.29 is 13.2 Å². The molecule has 6 nitrogen and oxygen atoms in total. The van der Waals surface area contributed by atoms with Crippen molar-refractivity contribution in [3.8, 4) is 0 Å². The number of amides is 2. The van der Waals surface area contributed by atoms with Crippen LogP contribution in [0.2, 0.25) is 0 Å². The molecule has 0 spiro atoms. The van der Waals surface area contributed by atoms with Crippen LogP contribution >= 0.6 is 0 Å². The van der Waals surface area contributed by atoms with Crippen molar-refractivity contribution >= 4 is 21.7 Å². The monoisotopic (exact) mass is 375 g/mol. The van der Waals surface area contributed by atoms with Gasteiger partial charge in [-0.1, -0.05) is 29.8 Å². The third-order valence-electron chi connectivity index (χ3n) is 4.05. The van der Waals surface area contributed by atoms with Crippen molar-refractivity contribution in [2.45, 2.75) is 32.2 Å². The number of aryl methyl sites for hydroxylation is 1. The molecule has 0 radical (unpaired) electrons. The molecule has 2 aromatic rings. The highest BCUT2D eigenvalue weighted by molar-refractivity contribution is 7.89. The molecule has 0 aliphatic carbocycles. The number of nitrogens with zero attached hydrogens (tertiary/aromatic N) is 1. The van der Waals surface area contributed by atoms with E-state index in [1.165, 1.54) is 12.1 Å². The largest absolute Gasteiger partial charge is 0.325 e. The number of carbonyl (C=O) groups excluding carboxylic acids is 1. The summed E-state index contributed by atoms with van der Waals surface area (Å²) >= 11 is 0. The second-order valence-corrected chi connectivity index (χ2v) is 7.70. The first kappa shape index (κ1) is 19.9. The molecule has 2 aromatic carbocycles. The first-order valence-electron chi connectivity index (χ1n) is 8.57. The number of hydrogen-bond acceptors (Lipinski definition) is 3. The number of hydrogen-bond donors (Lipinski definition) is 2. The number of anilines is 1. The summed E-state index contributed by atoms with van der Waals surface area (Å²) in [5.41, 5.74) is 2.57. The quantitative estimate of drug-likeness (QED) is 0.779. The second kappa shape index (κ2) is 8.82. The van der Waals surface area contributed by atoms with Gasteiger partial charge in [-0.05, 0) is 50.6 Å². The Morgan fingerprint density at radius 1 is 0.962 bits per heavy atom. The molecule has 0 saturated heterocycles. The molecule has 26 heavy (non-hydrogen) atoms. The summed E-state index contributed by atoms with van der Waals surface area (Å²) in [6.45, 7) is 7.23. The van der Waals surface area contributed by atoms with E-state index >= 15 is 0 Å². The summed E-state index contributed by atoms with van der Waals surface area (Å²) < 4.78 is 27.4. The second-order valence-electron chi connectivity index (χ2n) is 5.94. The molecule has 0 heterocycles. The number of benzene rings is 2. The lowest BCUT2D eigenvalue weighted by atomic mass is 10.2. The highest BCUT2D eigenvalue weighted by atomic mass is 32.2. The van der Waals surface area contributed by atoms with Crippen LogP contribution in [0.1, 0.15) is 25.0 Å². The van der Waals surface area contributed by atoms with Gasteiger partial charge < -0.3 is 10.2 Å². The molecule has 0 aliphatic rings. The topological polar surface area (TPSA) is 78.5 Å². The molecule has 140 valence electrons. The molecular weight excluding hydrogens is 350 g/mol. The standard InChI is InChI=1S/C19H25N3O3S/c1-4-22(5-2)19(23)21-17-10-12-18(13-11-17)26(24,25)20-14-16-8-6-15(3)7-9-16/h6-13,20H,4-5,14H2,1-3H3,(H,21,23). The minimum absolute atomic E-state index is 0.158. The number of carbonyl (C=O) groups is 1. The lowest BCUT2D eigenvalue weighted by Crippen LogP contribution is -2.34. The fraction of sp³-hybridized carbons (Fsp3) is 0.316. The van der Waals surface area contributed by atoms with Gasteiger partial charge in [-0.2, -0.15) is 0 Å². The van der Waals surface area contributed by atoms with Gasteiger partial charge >= 0.3 is 6.03 Å². The van der Waals surface area contributed by atoms with E-state index in [1.54, 1.807) is 17.0 Å². The molecule has 2 amide bonds. The first-order chi connectivity index (χ1) is 12.4. The molecular formula is C19H25N3O3S. The smallest absolute Gasteiger partial charge is 0.321 e. The molecule has 0 atom stereocenters. The zero-order valence-corrected chi connectivity index (χ0v) is 16.1. The van der Waals surface area contributed by atoms with Crippen LogP contribution in [-0.2, 0) is 16.6 Å². The van der Waals surface area contributed by atoms with Crippen LogP contribution in [0.25, 0.3) is 0 Å². The Labute approximate surface area is 155 Å². The van der Waals surface area contributed by atoms with Gasteiger partial charge in [0.1, 0.15) is 0 Å². The Balaban J connectivity index is 2.01. The summed E-state index contributed by atoms with van der Waals surface area (Å²) in [6, 6.07) is 13.6. The summed E-state index contributed by atoms with van der Waals surface area (Å²) in [5, 5.41) is 2.76. The fourth-order valence-electron chi connectivity index (χ4n) is 2.40. The summed E-state index contributed by atoms with van der Waals surface area (Å²) in [5.74, 6) is 0. The highest BCUT2D eigenvalue weighted by Gasteiger charge is 2.14.